The summed E-state index contributed by atoms with van der Waals surface area (Å²) in [7, 11) is -3.62. The van der Waals surface area contributed by atoms with E-state index in [1.54, 1.807) is 24.0 Å². The molecule has 8 nitrogen and oxygen atoms in total. The molecule has 1 aromatic rings. The van der Waals surface area contributed by atoms with Gasteiger partial charge in [-0.15, -0.1) is 0 Å². The molecule has 9 heteroatoms. The Hall–Kier alpha value is -1.84. The quantitative estimate of drug-likeness (QED) is 0.737. The Balaban J connectivity index is 1.48. The molecule has 1 aromatic carbocycles. The standard InChI is InChI=1S/C18H24N2O6S/c1-14(21)19-8-9-26-18(13-19)4-6-20(7-5-18)27(22,23)15-2-3-16-17(12-15)25-11-10-24-16/h2-3,12H,4-11,13H2,1H3. The van der Waals surface area contributed by atoms with Gasteiger partial charge in [-0.25, -0.2) is 8.42 Å². The molecule has 0 radical (unpaired) electrons. The van der Waals surface area contributed by atoms with Gasteiger partial charge < -0.3 is 19.1 Å². The van der Waals surface area contributed by atoms with Crippen molar-refractivity contribution >= 4 is 15.9 Å². The number of ether oxygens (including phenoxy) is 3. The van der Waals surface area contributed by atoms with Gasteiger partial charge in [0.15, 0.2) is 11.5 Å². The number of morpholine rings is 1. The van der Waals surface area contributed by atoms with E-state index in [0.29, 0.717) is 70.3 Å². The van der Waals surface area contributed by atoms with Crippen molar-refractivity contribution in [1.29, 1.82) is 0 Å². The van der Waals surface area contributed by atoms with Crippen LogP contribution in [0.4, 0.5) is 0 Å². The second-order valence-corrected chi connectivity index (χ2v) is 9.12. The fraction of sp³-hybridized carbons (Fsp3) is 0.611. The summed E-state index contributed by atoms with van der Waals surface area (Å²) < 4.78 is 44.5. The number of fused-ring (bicyclic) bond motifs is 1. The second-order valence-electron chi connectivity index (χ2n) is 7.18. The molecular weight excluding hydrogens is 372 g/mol. The van der Waals surface area contributed by atoms with Crippen molar-refractivity contribution in [2.75, 3.05) is 46.0 Å². The maximum atomic E-state index is 13.0. The molecule has 1 spiro atoms. The Labute approximate surface area is 159 Å². The maximum Gasteiger partial charge on any atom is 0.243 e. The molecule has 0 saturated carbocycles. The number of hydrogen-bond acceptors (Lipinski definition) is 6. The summed E-state index contributed by atoms with van der Waals surface area (Å²) >= 11 is 0. The highest BCUT2D eigenvalue weighted by Crippen LogP contribution is 2.36. The van der Waals surface area contributed by atoms with E-state index in [2.05, 4.69) is 0 Å². The van der Waals surface area contributed by atoms with E-state index in [1.807, 2.05) is 0 Å². The summed E-state index contributed by atoms with van der Waals surface area (Å²) in [6.45, 7) is 4.77. The molecule has 2 saturated heterocycles. The molecule has 4 rings (SSSR count). The van der Waals surface area contributed by atoms with Crippen LogP contribution in [-0.4, -0.2) is 75.1 Å². The first-order chi connectivity index (χ1) is 12.9. The zero-order chi connectivity index (χ0) is 19.1. The lowest BCUT2D eigenvalue weighted by atomic mass is 9.90. The van der Waals surface area contributed by atoms with Crippen molar-refractivity contribution < 1.29 is 27.4 Å². The van der Waals surface area contributed by atoms with Crippen molar-refractivity contribution in [2.45, 2.75) is 30.3 Å². The van der Waals surface area contributed by atoms with Crippen LogP contribution in [0.5, 0.6) is 11.5 Å². The summed E-state index contributed by atoms with van der Waals surface area (Å²) in [5, 5.41) is 0. The molecule has 148 valence electrons. The van der Waals surface area contributed by atoms with E-state index in [9.17, 15) is 13.2 Å². The van der Waals surface area contributed by atoms with Gasteiger partial charge in [-0.3, -0.25) is 4.79 Å². The fourth-order valence-electron chi connectivity index (χ4n) is 3.88. The number of hydrogen-bond donors (Lipinski definition) is 0. The third-order valence-electron chi connectivity index (χ3n) is 5.48. The van der Waals surface area contributed by atoms with Gasteiger partial charge in [-0.2, -0.15) is 4.31 Å². The molecule has 3 aliphatic heterocycles. The summed E-state index contributed by atoms with van der Waals surface area (Å²) in [5.74, 6) is 1.06. The lowest BCUT2D eigenvalue weighted by molar-refractivity contribution is -0.155. The molecule has 0 N–H and O–H groups in total. The number of rotatable bonds is 2. The molecule has 0 unspecified atom stereocenters. The molecule has 0 atom stereocenters. The number of piperidine rings is 1. The van der Waals surface area contributed by atoms with Gasteiger partial charge >= 0.3 is 0 Å². The van der Waals surface area contributed by atoms with Crippen LogP contribution >= 0.6 is 0 Å². The van der Waals surface area contributed by atoms with Crippen LogP contribution < -0.4 is 9.47 Å². The van der Waals surface area contributed by atoms with E-state index < -0.39 is 15.6 Å². The highest BCUT2D eigenvalue weighted by Gasteiger charge is 2.43. The van der Waals surface area contributed by atoms with Crippen LogP contribution in [0.3, 0.4) is 0 Å². The van der Waals surface area contributed by atoms with Crippen LogP contribution in [0.15, 0.2) is 23.1 Å². The first-order valence-corrected chi connectivity index (χ1v) is 10.6. The normalized spacial score (nSPS) is 22.6. The van der Waals surface area contributed by atoms with Crippen molar-refractivity contribution in [1.82, 2.24) is 9.21 Å². The van der Waals surface area contributed by atoms with Crippen LogP contribution in [0.1, 0.15) is 19.8 Å². The molecule has 2 fully saturated rings. The second kappa shape index (κ2) is 6.96. The van der Waals surface area contributed by atoms with E-state index >= 15 is 0 Å². The minimum Gasteiger partial charge on any atom is -0.486 e. The Morgan fingerprint density at radius 3 is 2.44 bits per heavy atom. The predicted molar refractivity (Wildman–Crippen MR) is 96.4 cm³/mol. The highest BCUT2D eigenvalue weighted by atomic mass is 32.2. The van der Waals surface area contributed by atoms with E-state index in [0.717, 1.165) is 0 Å². The number of amides is 1. The van der Waals surface area contributed by atoms with Crippen molar-refractivity contribution in [3.8, 4) is 11.5 Å². The number of benzene rings is 1. The Kier molecular flexibility index (Phi) is 4.77. The summed E-state index contributed by atoms with van der Waals surface area (Å²) in [5.41, 5.74) is -0.442. The lowest BCUT2D eigenvalue weighted by Gasteiger charge is -2.46. The minimum absolute atomic E-state index is 0.0315. The molecule has 0 aromatic heterocycles. The zero-order valence-corrected chi connectivity index (χ0v) is 16.2. The van der Waals surface area contributed by atoms with E-state index in [1.165, 1.54) is 10.4 Å². The summed E-state index contributed by atoms with van der Waals surface area (Å²) in [6, 6.07) is 4.73. The van der Waals surface area contributed by atoms with Crippen molar-refractivity contribution in [2.24, 2.45) is 0 Å². The molecule has 3 heterocycles. The van der Waals surface area contributed by atoms with Gasteiger partial charge in [0.25, 0.3) is 0 Å². The lowest BCUT2D eigenvalue weighted by Crippen LogP contribution is -2.58. The van der Waals surface area contributed by atoms with Gasteiger partial charge in [0, 0.05) is 39.2 Å². The molecule has 27 heavy (non-hydrogen) atoms. The minimum atomic E-state index is -3.62. The first-order valence-electron chi connectivity index (χ1n) is 9.19. The largest absolute Gasteiger partial charge is 0.486 e. The number of nitrogens with zero attached hydrogens (tertiary/aromatic N) is 2. The Morgan fingerprint density at radius 2 is 1.74 bits per heavy atom. The SMILES string of the molecule is CC(=O)N1CCOC2(CCN(S(=O)(=O)c3ccc4c(c3)OCCO4)CC2)C1. The summed E-state index contributed by atoms with van der Waals surface area (Å²) in [4.78, 5) is 13.7. The van der Waals surface area contributed by atoms with Gasteiger partial charge in [0.1, 0.15) is 13.2 Å². The number of sulfonamides is 1. The van der Waals surface area contributed by atoms with Crippen LogP contribution in [-0.2, 0) is 19.6 Å². The topological polar surface area (TPSA) is 85.4 Å². The molecule has 3 aliphatic rings. The summed E-state index contributed by atoms with van der Waals surface area (Å²) in [6.07, 6.45) is 1.14. The molecule has 0 aliphatic carbocycles. The highest BCUT2D eigenvalue weighted by molar-refractivity contribution is 7.89. The average Bonchev–Trinajstić information content (AvgIpc) is 2.68. The molecule has 1 amide bonds. The zero-order valence-electron chi connectivity index (χ0n) is 15.3. The Bertz CT molecular complexity index is 832. The van der Waals surface area contributed by atoms with Crippen molar-refractivity contribution in [3.05, 3.63) is 18.2 Å². The van der Waals surface area contributed by atoms with Crippen LogP contribution in [0.25, 0.3) is 0 Å². The van der Waals surface area contributed by atoms with Gasteiger partial charge in [0.2, 0.25) is 15.9 Å². The number of carbonyl (C=O) groups excluding carboxylic acids is 1. The maximum absolute atomic E-state index is 13.0. The average molecular weight is 396 g/mol. The van der Waals surface area contributed by atoms with Gasteiger partial charge in [-0.05, 0) is 25.0 Å². The smallest absolute Gasteiger partial charge is 0.243 e. The monoisotopic (exact) mass is 396 g/mol. The first kappa shape index (κ1) is 18.5. The number of carbonyl (C=O) groups is 1. The molecule has 0 bridgehead atoms. The molecular formula is C18H24N2O6S. The van der Waals surface area contributed by atoms with E-state index in [-0.39, 0.29) is 10.8 Å². The van der Waals surface area contributed by atoms with Crippen LogP contribution in [0.2, 0.25) is 0 Å². The van der Waals surface area contributed by atoms with Crippen LogP contribution in [0, 0.1) is 0 Å². The third kappa shape index (κ3) is 3.51. The van der Waals surface area contributed by atoms with Gasteiger partial charge in [0.05, 0.1) is 17.1 Å². The third-order valence-corrected chi connectivity index (χ3v) is 7.37. The predicted octanol–water partition coefficient (Wildman–Crippen LogP) is 0.860. The fourth-order valence-corrected chi connectivity index (χ4v) is 5.34. The van der Waals surface area contributed by atoms with Crippen molar-refractivity contribution in [3.63, 3.8) is 0 Å². The van der Waals surface area contributed by atoms with E-state index in [4.69, 9.17) is 14.2 Å². The van der Waals surface area contributed by atoms with Gasteiger partial charge in [-0.1, -0.05) is 0 Å². The Morgan fingerprint density at radius 1 is 1.04 bits per heavy atom.